The van der Waals surface area contributed by atoms with Gasteiger partial charge in [0.15, 0.2) is 0 Å². The number of hydrazone groups is 1. The largest absolute Gasteiger partial charge is 0.326 e. The van der Waals surface area contributed by atoms with Crippen LogP contribution < -0.4 is 10.7 Å². The van der Waals surface area contributed by atoms with Crippen molar-refractivity contribution in [3.05, 3.63) is 52.5 Å². The summed E-state index contributed by atoms with van der Waals surface area (Å²) in [5.41, 5.74) is 2.84. The molecule has 0 saturated heterocycles. The number of amides is 2. The van der Waals surface area contributed by atoms with E-state index in [0.717, 1.165) is 4.88 Å². The average Bonchev–Trinajstić information content (AvgIpc) is 3.01. The predicted molar refractivity (Wildman–Crippen MR) is 84.3 cm³/mol. The third-order valence-corrected chi connectivity index (χ3v) is 3.44. The first-order valence-electron chi connectivity index (χ1n) is 6.54. The van der Waals surface area contributed by atoms with Gasteiger partial charge < -0.3 is 5.32 Å². The molecule has 2 N–H and O–H groups in total. The normalized spacial score (nSPS) is 10.6. The number of nitrogens with one attached hydrogen (secondary N) is 2. The number of hydrogen-bond donors (Lipinski definition) is 2. The summed E-state index contributed by atoms with van der Waals surface area (Å²) in [4.78, 5) is 24.1. The van der Waals surface area contributed by atoms with Gasteiger partial charge in [0.1, 0.15) is 5.82 Å². The molecule has 0 aliphatic carbocycles. The van der Waals surface area contributed by atoms with Gasteiger partial charge in [-0.2, -0.15) is 5.10 Å². The van der Waals surface area contributed by atoms with Crippen molar-refractivity contribution in [2.75, 3.05) is 5.32 Å². The van der Waals surface area contributed by atoms with Gasteiger partial charge in [0.05, 0.1) is 6.21 Å². The number of hydrogen-bond acceptors (Lipinski definition) is 4. The highest BCUT2D eigenvalue weighted by Crippen LogP contribution is 2.09. The number of halogens is 1. The highest BCUT2D eigenvalue weighted by Gasteiger charge is 2.06. The topological polar surface area (TPSA) is 70.6 Å². The Kier molecular flexibility index (Phi) is 5.79. The van der Waals surface area contributed by atoms with E-state index in [-0.39, 0.29) is 30.5 Å². The third kappa shape index (κ3) is 5.45. The van der Waals surface area contributed by atoms with E-state index < -0.39 is 0 Å². The Morgan fingerprint density at radius 3 is 2.55 bits per heavy atom. The number of carbonyl (C=O) groups excluding carboxylic acids is 2. The second-order valence-corrected chi connectivity index (χ2v) is 5.34. The van der Waals surface area contributed by atoms with Gasteiger partial charge in [-0.1, -0.05) is 6.07 Å². The molecular weight excluding hydrogens is 305 g/mol. The molecule has 0 spiro atoms. The fraction of sp³-hybridized carbons (Fsp3) is 0.133. The first-order valence-corrected chi connectivity index (χ1v) is 7.42. The molecular formula is C15H14FN3O2S. The van der Waals surface area contributed by atoms with Crippen LogP contribution in [0.2, 0.25) is 0 Å². The molecule has 22 heavy (non-hydrogen) atoms. The van der Waals surface area contributed by atoms with E-state index in [2.05, 4.69) is 15.8 Å². The minimum absolute atomic E-state index is 0.0226. The Morgan fingerprint density at radius 2 is 1.86 bits per heavy atom. The van der Waals surface area contributed by atoms with Crippen LogP contribution in [0.25, 0.3) is 0 Å². The number of benzene rings is 1. The van der Waals surface area contributed by atoms with E-state index in [1.54, 1.807) is 6.21 Å². The van der Waals surface area contributed by atoms with Crippen molar-refractivity contribution < 1.29 is 14.0 Å². The van der Waals surface area contributed by atoms with Crippen molar-refractivity contribution in [3.8, 4) is 0 Å². The lowest BCUT2D eigenvalue weighted by molar-refractivity contribution is -0.124. The van der Waals surface area contributed by atoms with E-state index in [1.165, 1.54) is 35.6 Å². The Balaban J connectivity index is 1.69. The minimum atomic E-state index is -0.374. The molecule has 0 aliphatic rings. The highest BCUT2D eigenvalue weighted by atomic mass is 32.1. The summed E-state index contributed by atoms with van der Waals surface area (Å²) in [6.07, 6.45) is 1.59. The Bertz CT molecular complexity index is 654. The van der Waals surface area contributed by atoms with Crippen LogP contribution in [-0.4, -0.2) is 18.0 Å². The Labute approximate surface area is 130 Å². The van der Waals surface area contributed by atoms with E-state index in [1.807, 2.05) is 17.5 Å². The summed E-state index contributed by atoms with van der Waals surface area (Å²) in [5, 5.41) is 8.28. The minimum Gasteiger partial charge on any atom is -0.326 e. The SMILES string of the molecule is O=C(CCC(=O)Nc1ccc(F)cc1)N/N=C/c1cccs1. The van der Waals surface area contributed by atoms with Crippen LogP contribution in [0.1, 0.15) is 17.7 Å². The molecule has 1 aromatic carbocycles. The van der Waals surface area contributed by atoms with E-state index in [9.17, 15) is 14.0 Å². The van der Waals surface area contributed by atoms with Crippen molar-refractivity contribution in [2.45, 2.75) is 12.8 Å². The van der Waals surface area contributed by atoms with Crippen molar-refractivity contribution in [2.24, 2.45) is 5.10 Å². The lowest BCUT2D eigenvalue weighted by atomic mass is 10.2. The second kappa shape index (κ2) is 8.04. The van der Waals surface area contributed by atoms with Gasteiger partial charge in [-0.3, -0.25) is 9.59 Å². The lowest BCUT2D eigenvalue weighted by Gasteiger charge is -2.04. The maximum Gasteiger partial charge on any atom is 0.240 e. The number of carbonyl (C=O) groups is 2. The summed E-state index contributed by atoms with van der Waals surface area (Å²) in [7, 11) is 0. The standard InChI is InChI=1S/C15H14FN3O2S/c16-11-3-5-12(6-4-11)18-14(20)7-8-15(21)19-17-10-13-2-1-9-22-13/h1-6,9-10H,7-8H2,(H,18,20)(H,19,21)/b17-10+. The fourth-order valence-corrected chi connectivity index (χ4v) is 2.16. The van der Waals surface area contributed by atoms with Gasteiger partial charge in [-0.15, -0.1) is 11.3 Å². The molecule has 2 aromatic rings. The molecule has 5 nitrogen and oxygen atoms in total. The van der Waals surface area contributed by atoms with Gasteiger partial charge in [0.25, 0.3) is 0 Å². The Morgan fingerprint density at radius 1 is 1.14 bits per heavy atom. The van der Waals surface area contributed by atoms with Crippen LogP contribution in [-0.2, 0) is 9.59 Å². The third-order valence-electron chi connectivity index (χ3n) is 2.63. The van der Waals surface area contributed by atoms with Crippen LogP contribution in [0.3, 0.4) is 0 Å². The summed E-state index contributed by atoms with van der Waals surface area (Å²) < 4.78 is 12.7. The molecule has 0 aliphatic heterocycles. The smallest absolute Gasteiger partial charge is 0.240 e. The summed E-state index contributed by atoms with van der Waals surface area (Å²) >= 11 is 1.50. The first-order chi connectivity index (χ1) is 10.6. The van der Waals surface area contributed by atoms with Crippen LogP contribution in [0.5, 0.6) is 0 Å². The highest BCUT2D eigenvalue weighted by molar-refractivity contribution is 7.11. The molecule has 2 rings (SSSR count). The molecule has 0 unspecified atom stereocenters. The van der Waals surface area contributed by atoms with Crippen LogP contribution >= 0.6 is 11.3 Å². The Hall–Kier alpha value is -2.54. The number of rotatable bonds is 6. The zero-order chi connectivity index (χ0) is 15.8. The zero-order valence-electron chi connectivity index (χ0n) is 11.6. The molecule has 1 heterocycles. The lowest BCUT2D eigenvalue weighted by Crippen LogP contribution is -2.20. The monoisotopic (exact) mass is 319 g/mol. The molecule has 7 heteroatoms. The summed E-state index contributed by atoms with van der Waals surface area (Å²) in [5.74, 6) is -1.04. The van der Waals surface area contributed by atoms with E-state index in [4.69, 9.17) is 0 Å². The predicted octanol–water partition coefficient (Wildman–Crippen LogP) is 2.76. The fourth-order valence-electron chi connectivity index (χ4n) is 1.57. The second-order valence-electron chi connectivity index (χ2n) is 4.36. The van der Waals surface area contributed by atoms with Crippen LogP contribution in [0, 0.1) is 5.82 Å². The maximum atomic E-state index is 12.7. The number of thiophene rings is 1. The molecule has 0 saturated carbocycles. The van der Waals surface area contributed by atoms with Gasteiger partial charge in [-0.05, 0) is 35.7 Å². The van der Waals surface area contributed by atoms with Crippen LogP contribution in [0.4, 0.5) is 10.1 Å². The average molecular weight is 319 g/mol. The van der Waals surface area contributed by atoms with Gasteiger partial charge in [0, 0.05) is 23.4 Å². The molecule has 1 aromatic heterocycles. The van der Waals surface area contributed by atoms with E-state index in [0.29, 0.717) is 5.69 Å². The van der Waals surface area contributed by atoms with Crippen LogP contribution in [0.15, 0.2) is 46.9 Å². The van der Waals surface area contributed by atoms with E-state index >= 15 is 0 Å². The summed E-state index contributed by atoms with van der Waals surface area (Å²) in [6, 6.07) is 9.17. The van der Waals surface area contributed by atoms with Gasteiger partial charge in [0.2, 0.25) is 11.8 Å². The van der Waals surface area contributed by atoms with Crippen molar-refractivity contribution in [1.82, 2.24) is 5.43 Å². The molecule has 0 bridgehead atoms. The quantitative estimate of drug-likeness (QED) is 0.635. The number of nitrogens with zero attached hydrogens (tertiary/aromatic N) is 1. The first kappa shape index (κ1) is 15.8. The van der Waals surface area contributed by atoms with Gasteiger partial charge >= 0.3 is 0 Å². The summed E-state index contributed by atoms with van der Waals surface area (Å²) in [6.45, 7) is 0. The molecule has 0 radical (unpaired) electrons. The van der Waals surface area contributed by atoms with Gasteiger partial charge in [-0.25, -0.2) is 9.82 Å². The van der Waals surface area contributed by atoms with Crippen molar-refractivity contribution in [1.29, 1.82) is 0 Å². The van der Waals surface area contributed by atoms with Crippen molar-refractivity contribution in [3.63, 3.8) is 0 Å². The number of anilines is 1. The molecule has 0 atom stereocenters. The maximum absolute atomic E-state index is 12.7. The van der Waals surface area contributed by atoms with Crippen molar-refractivity contribution >= 4 is 35.1 Å². The molecule has 2 amide bonds. The molecule has 0 fully saturated rings. The zero-order valence-corrected chi connectivity index (χ0v) is 12.4. The molecule has 114 valence electrons.